The summed E-state index contributed by atoms with van der Waals surface area (Å²) in [5.74, 6) is -0.897. The Morgan fingerprint density at radius 3 is 2.39 bits per heavy atom. The number of hydrogen-bond donors (Lipinski definition) is 0. The van der Waals surface area contributed by atoms with E-state index in [0.29, 0.717) is 23.4 Å². The van der Waals surface area contributed by atoms with Gasteiger partial charge in [-0.2, -0.15) is 0 Å². The Balaban J connectivity index is 1.86. The topological polar surface area (TPSA) is 76.8 Å². The minimum absolute atomic E-state index is 0.152. The van der Waals surface area contributed by atoms with Crippen LogP contribution in [0.5, 0.6) is 0 Å². The molecule has 1 aliphatic rings. The van der Waals surface area contributed by atoms with Crippen LogP contribution >= 0.6 is 0 Å². The van der Waals surface area contributed by atoms with Crippen molar-refractivity contribution in [2.24, 2.45) is 0 Å². The van der Waals surface area contributed by atoms with Gasteiger partial charge in [0.2, 0.25) is 0 Å². The van der Waals surface area contributed by atoms with Gasteiger partial charge in [-0.05, 0) is 43.2 Å². The second-order valence-corrected chi connectivity index (χ2v) is 9.19. The molecule has 4 rings (SSSR count). The van der Waals surface area contributed by atoms with Gasteiger partial charge in [-0.1, -0.05) is 54.1 Å². The summed E-state index contributed by atoms with van der Waals surface area (Å²) < 4.78 is 39.5. The molecule has 0 radical (unpaired) electrons. The molecule has 0 unspecified atom stereocenters. The van der Waals surface area contributed by atoms with Crippen molar-refractivity contribution in [1.82, 2.24) is 4.31 Å². The first kappa shape index (κ1) is 20.9. The van der Waals surface area contributed by atoms with E-state index < -0.39 is 28.0 Å². The van der Waals surface area contributed by atoms with E-state index in [0.717, 1.165) is 5.56 Å². The quantitative estimate of drug-likeness (QED) is 0.528. The number of esters is 1. The van der Waals surface area contributed by atoms with Gasteiger partial charge in [0.25, 0.3) is 10.0 Å². The number of carbonyl (C=O) groups excluding carboxylic acids is 1. The highest BCUT2D eigenvalue weighted by Crippen LogP contribution is 2.45. The Bertz CT molecular complexity index is 1180. The van der Waals surface area contributed by atoms with E-state index in [1.165, 1.54) is 17.7 Å². The zero-order chi connectivity index (χ0) is 22.0. The highest BCUT2D eigenvalue weighted by atomic mass is 32.2. The van der Waals surface area contributed by atoms with Gasteiger partial charge in [0.1, 0.15) is 17.7 Å². The molecule has 0 aliphatic carbocycles. The van der Waals surface area contributed by atoms with Crippen LogP contribution in [0.3, 0.4) is 0 Å². The standard InChI is InChI=1S/C24H23NO5S/c1-17-10-12-19(13-11-17)31(27,28)25-20(22-9-6-16-30-22)14-15-21(25)23(24(26)29-2)18-7-4-3-5-8-18/h3-13,15-16,20,23H,14H2,1-2H3/t20-,23-/m0/s1. The molecule has 160 valence electrons. The summed E-state index contributed by atoms with van der Waals surface area (Å²) in [6, 6.07) is 18.6. The lowest BCUT2D eigenvalue weighted by Gasteiger charge is -2.31. The third kappa shape index (κ3) is 3.88. The summed E-state index contributed by atoms with van der Waals surface area (Å²) in [5, 5.41) is 0. The first-order valence-corrected chi connectivity index (χ1v) is 11.3. The number of furan rings is 1. The molecule has 0 saturated carbocycles. The largest absolute Gasteiger partial charge is 0.468 e. The predicted octanol–water partition coefficient (Wildman–Crippen LogP) is 4.56. The molecule has 1 aliphatic heterocycles. The highest BCUT2D eigenvalue weighted by molar-refractivity contribution is 7.89. The number of nitrogens with zero attached hydrogens (tertiary/aromatic N) is 1. The Labute approximate surface area is 181 Å². The monoisotopic (exact) mass is 437 g/mol. The zero-order valence-corrected chi connectivity index (χ0v) is 18.1. The minimum Gasteiger partial charge on any atom is -0.468 e. The summed E-state index contributed by atoms with van der Waals surface area (Å²) in [5.41, 5.74) is 1.97. The average molecular weight is 438 g/mol. The van der Waals surface area contributed by atoms with Gasteiger partial charge in [-0.15, -0.1) is 0 Å². The van der Waals surface area contributed by atoms with Crippen molar-refractivity contribution in [3.05, 3.63) is 102 Å². The number of ether oxygens (including phenoxy) is 1. The van der Waals surface area contributed by atoms with E-state index in [4.69, 9.17) is 9.15 Å². The van der Waals surface area contributed by atoms with E-state index in [1.54, 1.807) is 54.6 Å². The molecule has 7 heteroatoms. The Kier molecular flexibility index (Phi) is 5.69. The molecular weight excluding hydrogens is 414 g/mol. The maximum Gasteiger partial charge on any atom is 0.319 e. The van der Waals surface area contributed by atoms with Crippen molar-refractivity contribution in [2.45, 2.75) is 30.2 Å². The Morgan fingerprint density at radius 2 is 1.77 bits per heavy atom. The number of methoxy groups -OCH3 is 1. The summed E-state index contributed by atoms with van der Waals surface area (Å²) in [6.07, 6.45) is 3.68. The van der Waals surface area contributed by atoms with Crippen molar-refractivity contribution >= 4 is 16.0 Å². The van der Waals surface area contributed by atoms with Crippen molar-refractivity contribution < 1.29 is 22.4 Å². The molecule has 0 fully saturated rings. The van der Waals surface area contributed by atoms with Crippen molar-refractivity contribution in [1.29, 1.82) is 0 Å². The number of rotatable bonds is 6. The normalized spacial score (nSPS) is 17.3. The second-order valence-electron chi connectivity index (χ2n) is 7.38. The maximum absolute atomic E-state index is 13.8. The van der Waals surface area contributed by atoms with Gasteiger partial charge >= 0.3 is 5.97 Å². The van der Waals surface area contributed by atoms with Crippen LogP contribution in [0.1, 0.15) is 35.3 Å². The fraction of sp³-hybridized carbons (Fsp3) is 0.208. The van der Waals surface area contributed by atoms with E-state index in [-0.39, 0.29) is 4.90 Å². The molecule has 1 aromatic heterocycles. The molecule has 0 saturated heterocycles. The smallest absolute Gasteiger partial charge is 0.319 e. The molecule has 6 nitrogen and oxygen atoms in total. The number of aryl methyl sites for hydroxylation is 1. The van der Waals surface area contributed by atoms with Crippen LogP contribution in [0.25, 0.3) is 0 Å². The molecule has 2 atom stereocenters. The fourth-order valence-electron chi connectivity index (χ4n) is 3.88. The van der Waals surface area contributed by atoms with Crippen LogP contribution in [-0.4, -0.2) is 25.8 Å². The van der Waals surface area contributed by atoms with Gasteiger partial charge < -0.3 is 9.15 Å². The van der Waals surface area contributed by atoms with Gasteiger partial charge in [0, 0.05) is 5.70 Å². The molecule has 0 spiro atoms. The third-order valence-electron chi connectivity index (χ3n) is 5.40. The second kappa shape index (κ2) is 8.43. The van der Waals surface area contributed by atoms with Crippen LogP contribution in [0.4, 0.5) is 0 Å². The van der Waals surface area contributed by atoms with Crippen LogP contribution in [0.15, 0.2) is 94.1 Å². The van der Waals surface area contributed by atoms with Gasteiger partial charge in [-0.3, -0.25) is 9.10 Å². The molecule has 2 aromatic carbocycles. The van der Waals surface area contributed by atoms with Crippen molar-refractivity contribution in [2.75, 3.05) is 7.11 Å². The van der Waals surface area contributed by atoms with Gasteiger partial charge in [0.15, 0.2) is 0 Å². The predicted molar refractivity (Wildman–Crippen MR) is 116 cm³/mol. The van der Waals surface area contributed by atoms with Crippen LogP contribution in [-0.2, 0) is 19.6 Å². The van der Waals surface area contributed by atoms with Gasteiger partial charge in [0.05, 0.1) is 18.3 Å². The van der Waals surface area contributed by atoms with Crippen LogP contribution in [0.2, 0.25) is 0 Å². The number of hydrogen-bond acceptors (Lipinski definition) is 5. The lowest BCUT2D eigenvalue weighted by Crippen LogP contribution is -2.35. The van der Waals surface area contributed by atoms with Crippen molar-refractivity contribution in [3.63, 3.8) is 0 Å². The Hall–Kier alpha value is -3.32. The average Bonchev–Trinajstić information content (AvgIpc) is 3.45. The first-order valence-electron chi connectivity index (χ1n) is 9.91. The number of benzene rings is 2. The number of carbonyl (C=O) groups is 1. The maximum atomic E-state index is 13.8. The van der Waals surface area contributed by atoms with E-state index >= 15 is 0 Å². The lowest BCUT2D eigenvalue weighted by molar-refractivity contribution is -0.141. The van der Waals surface area contributed by atoms with Crippen molar-refractivity contribution in [3.8, 4) is 0 Å². The molecule has 3 aromatic rings. The lowest BCUT2D eigenvalue weighted by atomic mass is 9.96. The number of sulfonamides is 1. The molecular formula is C24H23NO5S. The van der Waals surface area contributed by atoms with E-state index in [1.807, 2.05) is 25.1 Å². The summed E-state index contributed by atoms with van der Waals surface area (Å²) >= 11 is 0. The van der Waals surface area contributed by atoms with Crippen LogP contribution in [0, 0.1) is 6.92 Å². The Morgan fingerprint density at radius 1 is 1.06 bits per heavy atom. The molecule has 2 heterocycles. The first-order chi connectivity index (χ1) is 14.9. The fourth-order valence-corrected chi connectivity index (χ4v) is 5.57. The molecule has 0 bridgehead atoms. The van der Waals surface area contributed by atoms with Gasteiger partial charge in [-0.25, -0.2) is 8.42 Å². The molecule has 0 N–H and O–H groups in total. The SMILES string of the molecule is COC(=O)[C@H](C1=CC[C@@H](c2ccco2)N1S(=O)(=O)c1ccc(C)cc1)c1ccccc1. The van der Waals surface area contributed by atoms with Crippen LogP contribution < -0.4 is 0 Å². The summed E-state index contributed by atoms with van der Waals surface area (Å²) in [4.78, 5) is 13.0. The third-order valence-corrected chi connectivity index (χ3v) is 7.25. The molecule has 0 amide bonds. The summed E-state index contributed by atoms with van der Waals surface area (Å²) in [7, 11) is -2.68. The van der Waals surface area contributed by atoms with E-state index in [2.05, 4.69) is 0 Å². The minimum atomic E-state index is -3.98. The summed E-state index contributed by atoms with van der Waals surface area (Å²) in [6.45, 7) is 1.89. The highest BCUT2D eigenvalue weighted by Gasteiger charge is 2.44. The zero-order valence-electron chi connectivity index (χ0n) is 17.3. The molecule has 31 heavy (non-hydrogen) atoms. The van der Waals surface area contributed by atoms with E-state index in [9.17, 15) is 13.2 Å².